The van der Waals surface area contributed by atoms with E-state index in [9.17, 15) is 0 Å². The van der Waals surface area contributed by atoms with Crippen molar-refractivity contribution >= 4 is 21.6 Å². The van der Waals surface area contributed by atoms with Crippen LogP contribution in [0.2, 0.25) is 0 Å². The van der Waals surface area contributed by atoms with Crippen LogP contribution >= 0.6 is 15.9 Å². The summed E-state index contributed by atoms with van der Waals surface area (Å²) in [5.41, 5.74) is 4.45. The van der Waals surface area contributed by atoms with Crippen LogP contribution in [0, 0.1) is 0 Å². The van der Waals surface area contributed by atoms with Crippen LogP contribution in [0.1, 0.15) is 48.8 Å². The summed E-state index contributed by atoms with van der Waals surface area (Å²) in [5, 5.41) is 3.66. The van der Waals surface area contributed by atoms with Crippen molar-refractivity contribution in [2.75, 3.05) is 32.1 Å². The molecule has 0 spiro atoms. The predicted octanol–water partition coefficient (Wildman–Crippen LogP) is 5.15. The van der Waals surface area contributed by atoms with E-state index in [0.29, 0.717) is 18.1 Å². The molecular weight excluding hydrogens is 398 g/mol. The third-order valence-electron chi connectivity index (χ3n) is 6.21. The third kappa shape index (κ3) is 4.08. The van der Waals surface area contributed by atoms with Gasteiger partial charge in [0.25, 0.3) is 0 Å². The molecule has 0 saturated carbocycles. The molecule has 2 aromatic carbocycles. The Morgan fingerprint density at radius 1 is 1.00 bits per heavy atom. The molecule has 2 aliphatic heterocycles. The molecule has 0 aliphatic carbocycles. The van der Waals surface area contributed by atoms with Crippen LogP contribution in [0.25, 0.3) is 0 Å². The topological polar surface area (TPSA) is 18.5 Å². The van der Waals surface area contributed by atoms with Gasteiger partial charge in [0, 0.05) is 16.7 Å². The third-order valence-corrected chi connectivity index (χ3v) is 6.74. The Bertz CT molecular complexity index is 758. The zero-order valence-electron chi connectivity index (χ0n) is 16.4. The summed E-state index contributed by atoms with van der Waals surface area (Å²) >= 11 is 3.57. The first-order valence-electron chi connectivity index (χ1n) is 10.1. The molecule has 2 heterocycles. The van der Waals surface area contributed by atoms with Gasteiger partial charge < -0.3 is 10.2 Å². The van der Waals surface area contributed by atoms with E-state index in [2.05, 4.69) is 93.7 Å². The summed E-state index contributed by atoms with van der Waals surface area (Å²) < 4.78 is 1.15. The second kappa shape index (κ2) is 8.34. The van der Waals surface area contributed by atoms with Crippen LogP contribution in [-0.2, 0) is 0 Å². The second-order valence-electron chi connectivity index (χ2n) is 8.11. The van der Waals surface area contributed by atoms with Crippen LogP contribution < -0.4 is 10.2 Å². The fraction of sp³-hybridized carbons (Fsp3) is 0.478. The number of halogens is 1. The maximum absolute atomic E-state index is 3.66. The number of nitrogens with one attached hydrogen (secondary N) is 1. The van der Waals surface area contributed by atoms with Gasteiger partial charge in [0.15, 0.2) is 0 Å². The van der Waals surface area contributed by atoms with Gasteiger partial charge in [-0.1, -0.05) is 40.2 Å². The average Bonchev–Trinajstić information content (AvgIpc) is 3.18. The monoisotopic (exact) mass is 427 g/mol. The molecule has 3 nitrogen and oxygen atoms in total. The van der Waals surface area contributed by atoms with Gasteiger partial charge in [0.05, 0.1) is 12.2 Å². The van der Waals surface area contributed by atoms with Gasteiger partial charge in [-0.3, -0.25) is 4.90 Å². The highest BCUT2D eigenvalue weighted by Gasteiger charge is 2.31. The molecule has 2 aromatic rings. The predicted molar refractivity (Wildman–Crippen MR) is 117 cm³/mol. The molecule has 0 bridgehead atoms. The van der Waals surface area contributed by atoms with Crippen LogP contribution in [0.15, 0.2) is 53.0 Å². The molecule has 4 rings (SSSR count). The highest BCUT2D eigenvalue weighted by Crippen LogP contribution is 2.41. The van der Waals surface area contributed by atoms with Gasteiger partial charge in [-0.25, -0.2) is 0 Å². The van der Waals surface area contributed by atoms with Crippen LogP contribution in [-0.4, -0.2) is 38.3 Å². The van der Waals surface area contributed by atoms with E-state index in [0.717, 1.165) is 17.6 Å². The van der Waals surface area contributed by atoms with E-state index < -0.39 is 0 Å². The number of anilines is 1. The Morgan fingerprint density at radius 2 is 1.74 bits per heavy atom. The average molecular weight is 428 g/mol. The van der Waals surface area contributed by atoms with Crippen LogP contribution in [0.5, 0.6) is 0 Å². The van der Waals surface area contributed by atoms with E-state index in [4.69, 9.17) is 0 Å². The number of hydrogen-bond donors (Lipinski definition) is 1. The highest BCUT2D eigenvalue weighted by atomic mass is 79.9. The smallest absolute Gasteiger partial charge is 0.0597 e. The summed E-state index contributed by atoms with van der Waals surface area (Å²) in [6.07, 6.45) is 5.40. The lowest BCUT2D eigenvalue weighted by Gasteiger charge is -2.37. The van der Waals surface area contributed by atoms with E-state index in [-0.39, 0.29) is 0 Å². The molecule has 0 radical (unpaired) electrons. The van der Waals surface area contributed by atoms with Gasteiger partial charge in [0.1, 0.15) is 0 Å². The Hall–Kier alpha value is -1.36. The second-order valence-corrected chi connectivity index (χ2v) is 9.03. The van der Waals surface area contributed by atoms with Crippen molar-refractivity contribution < 1.29 is 0 Å². The first kappa shape index (κ1) is 19.0. The van der Waals surface area contributed by atoms with Gasteiger partial charge in [-0.05, 0) is 87.6 Å². The summed E-state index contributed by atoms with van der Waals surface area (Å²) in [6, 6.07) is 18.5. The molecular formula is C23H30BrN3. The Balaban J connectivity index is 1.63. The minimum absolute atomic E-state index is 0.475. The quantitative estimate of drug-likeness (QED) is 0.727. The highest BCUT2D eigenvalue weighted by molar-refractivity contribution is 9.10. The normalized spacial score (nSPS) is 25.9. The van der Waals surface area contributed by atoms with Crippen LogP contribution in [0.4, 0.5) is 5.69 Å². The lowest BCUT2D eigenvalue weighted by molar-refractivity contribution is 0.190. The first-order valence-corrected chi connectivity index (χ1v) is 10.9. The minimum Gasteiger partial charge on any atom is -0.364 e. The standard InChI is InChI=1S/C23H30BrN3/c1-26(2)23-16-17(13-14-25-23)20-6-3-4-7-21(20)22-8-5-15-27(22)19-11-9-18(24)10-12-19/h3-4,6-7,9-12,17,22-23,25H,5,8,13-16H2,1-2H3/t17-,22?,23?/m1/s1. The Labute approximate surface area is 171 Å². The Morgan fingerprint density at radius 3 is 2.48 bits per heavy atom. The lowest BCUT2D eigenvalue weighted by atomic mass is 9.83. The maximum Gasteiger partial charge on any atom is 0.0597 e. The van der Waals surface area contributed by atoms with Crippen molar-refractivity contribution in [1.29, 1.82) is 0 Å². The van der Waals surface area contributed by atoms with E-state index >= 15 is 0 Å². The molecule has 1 N–H and O–H groups in total. The number of piperidine rings is 1. The SMILES string of the molecule is CN(C)C1C[C@H](c2ccccc2C2CCCN2c2ccc(Br)cc2)CCN1. The van der Waals surface area contributed by atoms with Crippen molar-refractivity contribution in [2.45, 2.75) is 43.8 Å². The van der Waals surface area contributed by atoms with Crippen LogP contribution in [0.3, 0.4) is 0 Å². The van der Waals surface area contributed by atoms with Gasteiger partial charge >= 0.3 is 0 Å². The fourth-order valence-corrected chi connectivity index (χ4v) is 5.05. The minimum atomic E-state index is 0.475. The van der Waals surface area contributed by atoms with E-state index in [1.807, 2.05) is 0 Å². The zero-order valence-corrected chi connectivity index (χ0v) is 18.0. The van der Waals surface area contributed by atoms with Gasteiger partial charge in [0.2, 0.25) is 0 Å². The van der Waals surface area contributed by atoms with Crippen molar-refractivity contribution in [3.8, 4) is 0 Å². The summed E-state index contributed by atoms with van der Waals surface area (Å²) in [7, 11) is 4.36. The zero-order chi connectivity index (χ0) is 18.8. The molecule has 4 heteroatoms. The first-order chi connectivity index (χ1) is 13.1. The summed E-state index contributed by atoms with van der Waals surface area (Å²) in [4.78, 5) is 4.92. The molecule has 2 unspecified atom stereocenters. The summed E-state index contributed by atoms with van der Waals surface area (Å²) in [6.45, 7) is 2.25. The van der Waals surface area contributed by atoms with Crippen molar-refractivity contribution in [3.05, 3.63) is 64.1 Å². The molecule has 3 atom stereocenters. The van der Waals surface area contributed by atoms with Crippen molar-refractivity contribution in [1.82, 2.24) is 10.2 Å². The van der Waals surface area contributed by atoms with Gasteiger partial charge in [-0.15, -0.1) is 0 Å². The fourth-order valence-electron chi connectivity index (χ4n) is 4.79. The molecule has 0 amide bonds. The maximum atomic E-state index is 3.66. The molecule has 2 fully saturated rings. The molecule has 27 heavy (non-hydrogen) atoms. The Kier molecular flexibility index (Phi) is 5.86. The molecule has 144 valence electrons. The molecule has 2 saturated heterocycles. The number of benzene rings is 2. The van der Waals surface area contributed by atoms with E-state index in [1.165, 1.54) is 31.4 Å². The number of nitrogens with zero attached hydrogens (tertiary/aromatic N) is 2. The lowest BCUT2D eigenvalue weighted by Crippen LogP contribution is -2.46. The molecule has 0 aromatic heterocycles. The number of rotatable bonds is 4. The van der Waals surface area contributed by atoms with E-state index in [1.54, 1.807) is 11.1 Å². The largest absolute Gasteiger partial charge is 0.364 e. The van der Waals surface area contributed by atoms with Crippen molar-refractivity contribution in [2.24, 2.45) is 0 Å². The molecule has 2 aliphatic rings. The van der Waals surface area contributed by atoms with Gasteiger partial charge in [-0.2, -0.15) is 0 Å². The summed E-state index contributed by atoms with van der Waals surface area (Å²) in [5.74, 6) is 0.641. The number of hydrogen-bond acceptors (Lipinski definition) is 3. The van der Waals surface area contributed by atoms with Crippen molar-refractivity contribution in [3.63, 3.8) is 0 Å².